The second-order valence-electron chi connectivity index (χ2n) is 3.50. The molecule has 1 aliphatic heterocycles. The summed E-state index contributed by atoms with van der Waals surface area (Å²) in [6.07, 6.45) is 4.88. The van der Waals surface area contributed by atoms with E-state index < -0.39 is 0 Å². The Morgan fingerprint density at radius 3 is 3.00 bits per heavy atom. The van der Waals surface area contributed by atoms with E-state index in [1.807, 2.05) is 0 Å². The SMILES string of the molecule is O=C1CCCCOC1CCCCO. The van der Waals surface area contributed by atoms with Gasteiger partial charge in [0.2, 0.25) is 0 Å². The van der Waals surface area contributed by atoms with Gasteiger partial charge in [-0.2, -0.15) is 0 Å². The summed E-state index contributed by atoms with van der Waals surface area (Å²) in [7, 11) is 0. The molecule has 1 unspecified atom stereocenters. The van der Waals surface area contributed by atoms with Crippen molar-refractivity contribution in [2.24, 2.45) is 0 Å². The number of carbonyl (C=O) groups is 1. The molecule has 0 aliphatic carbocycles. The minimum atomic E-state index is -0.186. The molecule has 1 atom stereocenters. The number of carbonyl (C=O) groups excluding carboxylic acids is 1. The third-order valence-electron chi connectivity index (χ3n) is 2.37. The lowest BCUT2D eigenvalue weighted by Crippen LogP contribution is -2.22. The number of Topliss-reactive ketones (excluding diaryl/α,β-unsaturated/α-hetero) is 1. The number of ether oxygens (including phenoxy) is 1. The molecular weight excluding hydrogens is 168 g/mol. The first-order valence-corrected chi connectivity index (χ1v) is 5.10. The van der Waals surface area contributed by atoms with Crippen molar-refractivity contribution in [1.29, 1.82) is 0 Å². The van der Waals surface area contributed by atoms with Crippen LogP contribution in [0.3, 0.4) is 0 Å². The van der Waals surface area contributed by atoms with Gasteiger partial charge in [-0.15, -0.1) is 0 Å². The fraction of sp³-hybridized carbons (Fsp3) is 0.900. The number of aliphatic hydroxyl groups excluding tert-OH is 1. The van der Waals surface area contributed by atoms with Crippen LogP contribution < -0.4 is 0 Å². The van der Waals surface area contributed by atoms with Crippen molar-refractivity contribution in [1.82, 2.24) is 0 Å². The van der Waals surface area contributed by atoms with E-state index in [1.165, 1.54) is 0 Å². The first-order chi connectivity index (χ1) is 6.34. The number of aliphatic hydroxyl groups is 1. The minimum Gasteiger partial charge on any atom is -0.396 e. The number of hydrogen-bond acceptors (Lipinski definition) is 3. The molecule has 1 heterocycles. The van der Waals surface area contributed by atoms with Gasteiger partial charge < -0.3 is 9.84 Å². The van der Waals surface area contributed by atoms with Crippen LogP contribution in [0.25, 0.3) is 0 Å². The van der Waals surface area contributed by atoms with Crippen LogP contribution in [-0.2, 0) is 9.53 Å². The van der Waals surface area contributed by atoms with E-state index in [-0.39, 0.29) is 18.5 Å². The molecule has 0 aromatic heterocycles. The topological polar surface area (TPSA) is 46.5 Å². The second kappa shape index (κ2) is 6.11. The van der Waals surface area contributed by atoms with Crippen LogP contribution in [0, 0.1) is 0 Å². The average Bonchev–Trinajstić information content (AvgIpc) is 2.32. The van der Waals surface area contributed by atoms with Crippen molar-refractivity contribution in [3.63, 3.8) is 0 Å². The van der Waals surface area contributed by atoms with Crippen molar-refractivity contribution in [2.75, 3.05) is 13.2 Å². The fourth-order valence-electron chi connectivity index (χ4n) is 1.57. The monoisotopic (exact) mass is 186 g/mol. The largest absolute Gasteiger partial charge is 0.396 e. The molecule has 0 amide bonds. The Labute approximate surface area is 79.1 Å². The lowest BCUT2D eigenvalue weighted by Gasteiger charge is -2.12. The molecule has 0 radical (unpaired) electrons. The van der Waals surface area contributed by atoms with Gasteiger partial charge >= 0.3 is 0 Å². The van der Waals surface area contributed by atoms with Crippen molar-refractivity contribution >= 4 is 5.78 Å². The van der Waals surface area contributed by atoms with Gasteiger partial charge in [-0.05, 0) is 32.1 Å². The summed E-state index contributed by atoms with van der Waals surface area (Å²) in [6, 6.07) is 0. The van der Waals surface area contributed by atoms with E-state index in [0.717, 1.165) is 38.7 Å². The third kappa shape index (κ3) is 3.87. The molecule has 0 aromatic carbocycles. The lowest BCUT2D eigenvalue weighted by atomic mass is 10.1. The zero-order valence-corrected chi connectivity index (χ0v) is 8.00. The summed E-state index contributed by atoms with van der Waals surface area (Å²) in [6.45, 7) is 0.927. The molecule has 3 heteroatoms. The van der Waals surface area contributed by atoms with Gasteiger partial charge in [0.25, 0.3) is 0 Å². The van der Waals surface area contributed by atoms with Crippen LogP contribution >= 0.6 is 0 Å². The van der Waals surface area contributed by atoms with Crippen LogP contribution in [0.4, 0.5) is 0 Å². The van der Waals surface area contributed by atoms with Crippen LogP contribution in [0.2, 0.25) is 0 Å². The minimum absolute atomic E-state index is 0.186. The number of hydrogen-bond donors (Lipinski definition) is 1. The van der Waals surface area contributed by atoms with E-state index in [1.54, 1.807) is 0 Å². The van der Waals surface area contributed by atoms with Crippen LogP contribution in [0.5, 0.6) is 0 Å². The van der Waals surface area contributed by atoms with E-state index in [2.05, 4.69) is 0 Å². The van der Waals surface area contributed by atoms with E-state index in [9.17, 15) is 4.79 Å². The number of unbranched alkanes of at least 4 members (excludes halogenated alkanes) is 1. The van der Waals surface area contributed by atoms with E-state index >= 15 is 0 Å². The van der Waals surface area contributed by atoms with Gasteiger partial charge in [0.1, 0.15) is 6.10 Å². The summed E-state index contributed by atoms with van der Waals surface area (Å²) in [5, 5.41) is 8.59. The zero-order chi connectivity index (χ0) is 9.52. The van der Waals surface area contributed by atoms with Gasteiger partial charge in [-0.1, -0.05) is 0 Å². The van der Waals surface area contributed by atoms with Gasteiger partial charge in [0, 0.05) is 19.6 Å². The first-order valence-electron chi connectivity index (χ1n) is 5.10. The summed E-state index contributed by atoms with van der Waals surface area (Å²) in [5.41, 5.74) is 0. The molecule has 0 aromatic rings. The maximum atomic E-state index is 11.4. The number of rotatable bonds is 4. The first kappa shape index (κ1) is 10.7. The molecule has 0 spiro atoms. The predicted molar refractivity (Wildman–Crippen MR) is 49.5 cm³/mol. The normalized spacial score (nSPS) is 24.4. The Bertz CT molecular complexity index is 156. The molecule has 0 saturated carbocycles. The highest BCUT2D eigenvalue weighted by atomic mass is 16.5. The molecule has 1 rings (SSSR count). The Kier molecular flexibility index (Phi) is 5.01. The highest BCUT2D eigenvalue weighted by molar-refractivity contribution is 5.83. The van der Waals surface area contributed by atoms with Crippen LogP contribution in [0.1, 0.15) is 38.5 Å². The molecule has 3 nitrogen and oxygen atoms in total. The zero-order valence-electron chi connectivity index (χ0n) is 8.00. The third-order valence-corrected chi connectivity index (χ3v) is 2.37. The summed E-state index contributed by atoms with van der Waals surface area (Å²) in [5.74, 6) is 0.246. The second-order valence-corrected chi connectivity index (χ2v) is 3.50. The predicted octanol–water partition coefficient (Wildman–Crippen LogP) is 1.29. The van der Waals surface area contributed by atoms with Gasteiger partial charge in [0.05, 0.1) is 0 Å². The van der Waals surface area contributed by atoms with Crippen LogP contribution in [0.15, 0.2) is 0 Å². The highest BCUT2D eigenvalue weighted by Crippen LogP contribution is 2.14. The van der Waals surface area contributed by atoms with Crippen molar-refractivity contribution in [3.05, 3.63) is 0 Å². The highest BCUT2D eigenvalue weighted by Gasteiger charge is 2.20. The Morgan fingerprint density at radius 1 is 1.38 bits per heavy atom. The number of ketones is 1. The summed E-state index contributed by atoms with van der Waals surface area (Å²) < 4.78 is 5.43. The van der Waals surface area contributed by atoms with Gasteiger partial charge in [0.15, 0.2) is 5.78 Å². The molecule has 0 bridgehead atoms. The summed E-state index contributed by atoms with van der Waals surface area (Å²) >= 11 is 0. The Morgan fingerprint density at radius 2 is 2.23 bits per heavy atom. The van der Waals surface area contributed by atoms with Gasteiger partial charge in [-0.3, -0.25) is 4.79 Å². The molecule has 1 aliphatic rings. The maximum Gasteiger partial charge on any atom is 0.161 e. The summed E-state index contributed by atoms with van der Waals surface area (Å²) in [4.78, 5) is 11.4. The maximum absolute atomic E-state index is 11.4. The molecule has 76 valence electrons. The van der Waals surface area contributed by atoms with Crippen molar-refractivity contribution < 1.29 is 14.6 Å². The van der Waals surface area contributed by atoms with Gasteiger partial charge in [-0.25, -0.2) is 0 Å². The molecule has 1 saturated heterocycles. The molecular formula is C10H18O3. The average molecular weight is 186 g/mol. The molecule has 1 fully saturated rings. The standard InChI is InChI=1S/C10H18O3/c11-7-3-1-6-10-9(12)5-2-4-8-13-10/h10-11H,1-8H2. The van der Waals surface area contributed by atoms with E-state index in [0.29, 0.717) is 6.42 Å². The van der Waals surface area contributed by atoms with Crippen molar-refractivity contribution in [2.45, 2.75) is 44.6 Å². The Balaban J connectivity index is 2.24. The Hall–Kier alpha value is -0.410. The quantitative estimate of drug-likeness (QED) is 0.673. The molecule has 1 N–H and O–H groups in total. The van der Waals surface area contributed by atoms with Crippen molar-refractivity contribution in [3.8, 4) is 0 Å². The van der Waals surface area contributed by atoms with E-state index in [4.69, 9.17) is 9.84 Å². The lowest BCUT2D eigenvalue weighted by molar-refractivity contribution is -0.129. The molecule has 13 heavy (non-hydrogen) atoms. The smallest absolute Gasteiger partial charge is 0.161 e. The fourth-order valence-corrected chi connectivity index (χ4v) is 1.57. The van der Waals surface area contributed by atoms with Crippen LogP contribution in [-0.4, -0.2) is 30.2 Å².